The molecule has 0 aromatic rings. The molecule has 4 heteroatoms. The van der Waals surface area contributed by atoms with Gasteiger partial charge in [0.25, 0.3) is 0 Å². The van der Waals surface area contributed by atoms with Gasteiger partial charge in [-0.15, -0.1) is 0 Å². The summed E-state index contributed by atoms with van der Waals surface area (Å²) in [5.41, 5.74) is 0. The van der Waals surface area contributed by atoms with Gasteiger partial charge in [-0.3, -0.25) is 4.79 Å². The molecule has 0 rings (SSSR count). The lowest BCUT2D eigenvalue weighted by atomic mass is 10.0. The van der Waals surface area contributed by atoms with E-state index in [9.17, 15) is 9.90 Å². The molecule has 0 amide bonds. The van der Waals surface area contributed by atoms with Gasteiger partial charge in [-0.1, -0.05) is 110 Å². The third-order valence-electron chi connectivity index (χ3n) is 6.75. The quantitative estimate of drug-likeness (QED) is 0.109. The number of quaternary nitrogens is 1. The van der Waals surface area contributed by atoms with E-state index in [-0.39, 0.29) is 12.5 Å². The summed E-state index contributed by atoms with van der Waals surface area (Å²) in [6, 6.07) is 0. The lowest BCUT2D eigenvalue weighted by molar-refractivity contribution is -0.893. The lowest BCUT2D eigenvalue weighted by Crippen LogP contribution is -2.45. The molecule has 0 bridgehead atoms. The van der Waals surface area contributed by atoms with Crippen LogP contribution in [0.25, 0.3) is 0 Å². The second kappa shape index (κ2) is 22.2. The van der Waals surface area contributed by atoms with Crippen molar-refractivity contribution < 1.29 is 19.5 Å². The zero-order valence-electron chi connectivity index (χ0n) is 22.1. The van der Waals surface area contributed by atoms with Gasteiger partial charge in [0, 0.05) is 6.42 Å². The Morgan fingerprint density at radius 2 is 1.06 bits per heavy atom. The zero-order chi connectivity index (χ0) is 23.9. The fourth-order valence-electron chi connectivity index (χ4n) is 4.67. The van der Waals surface area contributed by atoms with Crippen molar-refractivity contribution in [1.82, 2.24) is 0 Å². The number of carbonyl (C=O) groups is 1. The first-order valence-corrected chi connectivity index (χ1v) is 14.1. The number of aliphatic hydroxyl groups excluding tert-OH is 1. The maximum Gasteiger partial charge on any atom is 0.303 e. The molecule has 192 valence electrons. The van der Waals surface area contributed by atoms with Crippen molar-refractivity contribution in [3.8, 4) is 0 Å². The fourth-order valence-corrected chi connectivity index (χ4v) is 4.67. The highest BCUT2D eigenvalue weighted by Gasteiger charge is 2.19. The number of carboxylic acid groups (broad SMARTS) is 1. The average Bonchev–Trinajstić information content (AvgIpc) is 2.72. The Hall–Kier alpha value is -0.610. The Labute approximate surface area is 200 Å². The van der Waals surface area contributed by atoms with Crippen LogP contribution in [-0.2, 0) is 4.79 Å². The summed E-state index contributed by atoms with van der Waals surface area (Å²) >= 11 is 0. The van der Waals surface area contributed by atoms with E-state index < -0.39 is 5.97 Å². The van der Waals surface area contributed by atoms with Crippen molar-refractivity contribution >= 4 is 5.97 Å². The van der Waals surface area contributed by atoms with E-state index >= 15 is 0 Å². The van der Waals surface area contributed by atoms with Crippen LogP contribution in [0.3, 0.4) is 0 Å². The molecular formula is C28H58NO3+. The first kappa shape index (κ1) is 31.4. The molecule has 0 fully saturated rings. The van der Waals surface area contributed by atoms with E-state index in [0.29, 0.717) is 0 Å². The maximum absolute atomic E-state index is 10.5. The van der Waals surface area contributed by atoms with Gasteiger partial charge >= 0.3 is 5.97 Å². The number of hydrogen-bond donors (Lipinski definition) is 2. The third kappa shape index (κ3) is 24.0. The molecule has 0 spiro atoms. The van der Waals surface area contributed by atoms with Gasteiger partial charge in [0.15, 0.2) is 0 Å². The molecular weight excluding hydrogens is 398 g/mol. The predicted octanol–water partition coefficient (Wildman–Crippen LogP) is 7.72. The van der Waals surface area contributed by atoms with Crippen LogP contribution in [0.15, 0.2) is 0 Å². The van der Waals surface area contributed by atoms with Crippen LogP contribution in [0.4, 0.5) is 0 Å². The number of aliphatic hydroxyl groups is 1. The number of unbranched alkanes of at least 4 members (excludes halogenated alkanes) is 17. The van der Waals surface area contributed by atoms with Gasteiger partial charge in [0.1, 0.15) is 12.6 Å². The number of likely N-dealkylation sites (N-methyl/N-ethyl adjacent to an activating group) is 1. The van der Waals surface area contributed by atoms with Gasteiger partial charge in [-0.25, -0.2) is 0 Å². The minimum Gasteiger partial charge on any atom is -0.481 e. The Morgan fingerprint density at radius 3 is 1.53 bits per heavy atom. The van der Waals surface area contributed by atoms with Crippen LogP contribution < -0.4 is 0 Å². The number of rotatable bonds is 25. The van der Waals surface area contributed by atoms with Crippen LogP contribution in [0.5, 0.6) is 0 Å². The molecule has 4 nitrogen and oxygen atoms in total. The van der Waals surface area contributed by atoms with Crippen molar-refractivity contribution in [3.05, 3.63) is 0 Å². The molecule has 0 aliphatic rings. The number of hydrogen-bond acceptors (Lipinski definition) is 2. The average molecular weight is 457 g/mol. The molecule has 2 N–H and O–H groups in total. The summed E-state index contributed by atoms with van der Waals surface area (Å²) in [6.07, 6.45) is 25.6. The summed E-state index contributed by atoms with van der Waals surface area (Å²) < 4.78 is 0.860. The second-order valence-corrected chi connectivity index (χ2v) is 10.8. The van der Waals surface area contributed by atoms with Crippen molar-refractivity contribution in [1.29, 1.82) is 0 Å². The molecule has 1 unspecified atom stereocenters. The zero-order valence-corrected chi connectivity index (χ0v) is 22.1. The van der Waals surface area contributed by atoms with Gasteiger partial charge in [0.05, 0.1) is 20.6 Å². The first-order chi connectivity index (χ1) is 15.4. The van der Waals surface area contributed by atoms with E-state index in [1.54, 1.807) is 0 Å². The van der Waals surface area contributed by atoms with E-state index in [1.807, 2.05) is 0 Å². The van der Waals surface area contributed by atoms with Crippen molar-refractivity contribution in [2.24, 2.45) is 0 Å². The van der Waals surface area contributed by atoms with Crippen LogP contribution >= 0.6 is 0 Å². The van der Waals surface area contributed by atoms with Crippen LogP contribution in [-0.4, -0.2) is 54.0 Å². The molecule has 0 aromatic heterocycles. The second-order valence-electron chi connectivity index (χ2n) is 10.8. The lowest BCUT2D eigenvalue weighted by Gasteiger charge is -2.32. The molecule has 1 atom stereocenters. The van der Waals surface area contributed by atoms with Crippen LogP contribution in [0, 0.1) is 0 Å². The van der Waals surface area contributed by atoms with Gasteiger partial charge < -0.3 is 14.7 Å². The Balaban J connectivity index is 3.42. The summed E-state index contributed by atoms with van der Waals surface area (Å²) in [5.74, 6) is -0.692. The summed E-state index contributed by atoms with van der Waals surface area (Å²) in [4.78, 5) is 10.5. The Bertz CT molecular complexity index is 411. The monoisotopic (exact) mass is 456 g/mol. The van der Waals surface area contributed by atoms with Gasteiger partial charge in [-0.2, -0.15) is 0 Å². The molecule has 0 saturated heterocycles. The molecule has 0 aromatic carbocycles. The smallest absolute Gasteiger partial charge is 0.303 e. The normalized spacial score (nSPS) is 12.9. The molecule has 0 aliphatic heterocycles. The van der Waals surface area contributed by atoms with Gasteiger partial charge in [-0.05, 0) is 25.7 Å². The standard InChI is InChI=1S/C28H57NO3/c1-4-5-6-7-8-9-10-11-12-13-14-15-16-17-20-23-27(30)26-29(2,3)25-22-19-18-21-24-28(31)32/h27,30H,4-26H2,1-3H3/p+1. The minimum absolute atomic E-state index is 0.195. The number of carboxylic acids is 1. The Morgan fingerprint density at radius 1 is 0.656 bits per heavy atom. The highest BCUT2D eigenvalue weighted by molar-refractivity contribution is 5.66. The summed E-state index contributed by atoms with van der Waals surface area (Å²) in [6.45, 7) is 4.17. The highest BCUT2D eigenvalue weighted by atomic mass is 16.4. The highest BCUT2D eigenvalue weighted by Crippen LogP contribution is 2.15. The third-order valence-corrected chi connectivity index (χ3v) is 6.75. The Kier molecular flexibility index (Phi) is 21.8. The summed E-state index contributed by atoms with van der Waals surface area (Å²) in [5, 5.41) is 19.1. The van der Waals surface area contributed by atoms with E-state index in [4.69, 9.17) is 5.11 Å². The van der Waals surface area contributed by atoms with Crippen molar-refractivity contribution in [3.63, 3.8) is 0 Å². The topological polar surface area (TPSA) is 57.5 Å². The maximum atomic E-state index is 10.5. The predicted molar refractivity (Wildman–Crippen MR) is 138 cm³/mol. The molecule has 0 heterocycles. The van der Waals surface area contributed by atoms with Crippen molar-refractivity contribution in [2.45, 2.75) is 148 Å². The molecule has 32 heavy (non-hydrogen) atoms. The number of nitrogens with zero attached hydrogens (tertiary/aromatic N) is 1. The van der Waals surface area contributed by atoms with E-state index in [2.05, 4.69) is 21.0 Å². The van der Waals surface area contributed by atoms with Crippen LogP contribution in [0.2, 0.25) is 0 Å². The van der Waals surface area contributed by atoms with Crippen LogP contribution in [0.1, 0.15) is 142 Å². The molecule has 0 radical (unpaired) electrons. The van der Waals surface area contributed by atoms with Gasteiger partial charge in [0.2, 0.25) is 0 Å². The van der Waals surface area contributed by atoms with E-state index in [1.165, 1.54) is 89.9 Å². The summed E-state index contributed by atoms with van der Waals surface area (Å²) in [7, 11) is 4.40. The first-order valence-electron chi connectivity index (χ1n) is 14.1. The van der Waals surface area contributed by atoms with E-state index in [0.717, 1.165) is 56.1 Å². The fraction of sp³-hybridized carbons (Fsp3) is 0.964. The SMILES string of the molecule is CCCCCCCCCCCCCCCCCC(O)C[N+](C)(C)CCCCCCC(=O)O. The minimum atomic E-state index is -0.692. The van der Waals surface area contributed by atoms with Crippen molar-refractivity contribution in [2.75, 3.05) is 27.2 Å². The number of aliphatic carboxylic acids is 1. The molecule has 0 aliphatic carbocycles. The largest absolute Gasteiger partial charge is 0.481 e. The molecule has 0 saturated carbocycles.